The van der Waals surface area contributed by atoms with Crippen molar-refractivity contribution in [3.05, 3.63) is 69.8 Å². The Hall–Kier alpha value is -3.23. The number of hydrogen-bond donors (Lipinski definition) is 1. The number of nitro benzene ring substituents is 1. The zero-order valence-corrected chi connectivity index (χ0v) is 14.9. The molecule has 1 N–H and O–H groups in total. The third kappa shape index (κ3) is 4.73. The molecule has 1 aliphatic rings. The first-order chi connectivity index (χ1) is 13.4. The third-order valence-corrected chi connectivity index (χ3v) is 4.55. The number of likely N-dealkylation sites (tertiary alicyclic amines) is 1. The number of nitro groups is 1. The van der Waals surface area contributed by atoms with Crippen molar-refractivity contribution in [3.63, 3.8) is 0 Å². The summed E-state index contributed by atoms with van der Waals surface area (Å²) in [6.45, 7) is 0.981. The van der Waals surface area contributed by atoms with E-state index >= 15 is 0 Å². The number of halogens is 2. The molecule has 0 unspecified atom stereocenters. The summed E-state index contributed by atoms with van der Waals surface area (Å²) in [6, 6.07) is 10.5. The summed E-state index contributed by atoms with van der Waals surface area (Å²) < 4.78 is 32.6. The summed E-state index contributed by atoms with van der Waals surface area (Å²) in [5.74, 6) is -2.11. The van der Waals surface area contributed by atoms with Gasteiger partial charge in [-0.25, -0.2) is 9.18 Å². The van der Waals surface area contributed by atoms with E-state index in [-0.39, 0.29) is 18.3 Å². The molecular formula is C19H19F2N3O4. The van der Waals surface area contributed by atoms with Crippen LogP contribution < -0.4 is 5.32 Å². The molecule has 2 aromatic carbocycles. The Bertz CT molecular complexity index is 856. The number of piperidine rings is 1. The van der Waals surface area contributed by atoms with Crippen LogP contribution in [-0.4, -0.2) is 35.0 Å². The minimum absolute atomic E-state index is 0.127. The highest BCUT2D eigenvalue weighted by Gasteiger charge is 2.26. The Morgan fingerprint density at radius 1 is 1.18 bits per heavy atom. The molecule has 1 amide bonds. The standard InChI is InChI=1S/C19H19F2N3O4/c20-15-10-16(21)18(24(26)27)11-17(15)22-14-6-8-23(9-7-14)19(25)28-12-13-4-2-1-3-5-13/h1-5,10-11,14,22H,6-9,12H2. The van der Waals surface area contributed by atoms with Crippen LogP contribution in [0.1, 0.15) is 18.4 Å². The Kier molecular flexibility index (Phi) is 6.03. The van der Waals surface area contributed by atoms with Crippen molar-refractivity contribution in [1.82, 2.24) is 4.90 Å². The summed E-state index contributed by atoms with van der Waals surface area (Å²) in [6.07, 6.45) is 0.585. The van der Waals surface area contributed by atoms with Gasteiger partial charge in [-0.3, -0.25) is 10.1 Å². The van der Waals surface area contributed by atoms with Crippen molar-refractivity contribution in [1.29, 1.82) is 0 Å². The van der Waals surface area contributed by atoms with Crippen molar-refractivity contribution in [2.75, 3.05) is 18.4 Å². The monoisotopic (exact) mass is 391 g/mol. The van der Waals surface area contributed by atoms with Crippen molar-refractivity contribution >= 4 is 17.5 Å². The minimum atomic E-state index is -1.22. The van der Waals surface area contributed by atoms with Crippen LogP contribution >= 0.6 is 0 Å². The second-order valence-electron chi connectivity index (χ2n) is 6.49. The molecule has 0 radical (unpaired) electrons. The molecule has 148 valence electrons. The van der Waals surface area contributed by atoms with E-state index in [4.69, 9.17) is 4.74 Å². The van der Waals surface area contributed by atoms with Gasteiger partial charge < -0.3 is 15.0 Å². The minimum Gasteiger partial charge on any atom is -0.445 e. The molecule has 0 spiro atoms. The highest BCUT2D eigenvalue weighted by atomic mass is 19.1. The van der Waals surface area contributed by atoms with Crippen LogP contribution in [0.4, 0.5) is 25.0 Å². The van der Waals surface area contributed by atoms with Crippen LogP contribution in [0.3, 0.4) is 0 Å². The Morgan fingerprint density at radius 2 is 1.86 bits per heavy atom. The van der Waals surface area contributed by atoms with E-state index in [1.54, 1.807) is 4.90 Å². The number of anilines is 1. The molecule has 9 heteroatoms. The quantitative estimate of drug-likeness (QED) is 0.613. The van der Waals surface area contributed by atoms with Gasteiger partial charge in [-0.2, -0.15) is 4.39 Å². The molecule has 3 rings (SSSR count). The van der Waals surface area contributed by atoms with Crippen molar-refractivity contribution in [2.45, 2.75) is 25.5 Å². The van der Waals surface area contributed by atoms with Crippen LogP contribution in [0, 0.1) is 21.7 Å². The lowest BCUT2D eigenvalue weighted by molar-refractivity contribution is -0.387. The van der Waals surface area contributed by atoms with E-state index in [0.29, 0.717) is 32.0 Å². The molecule has 1 fully saturated rings. The SMILES string of the molecule is O=C(OCc1ccccc1)N1CCC(Nc2cc([N+](=O)[O-])c(F)cc2F)CC1. The van der Waals surface area contributed by atoms with E-state index in [2.05, 4.69) is 5.32 Å². The van der Waals surface area contributed by atoms with Crippen LogP contribution in [-0.2, 0) is 11.3 Å². The maximum Gasteiger partial charge on any atom is 0.410 e. The summed E-state index contributed by atoms with van der Waals surface area (Å²) in [4.78, 5) is 23.6. The number of rotatable bonds is 5. The van der Waals surface area contributed by atoms with Gasteiger partial charge in [0.15, 0.2) is 0 Å². The second-order valence-corrected chi connectivity index (χ2v) is 6.49. The number of amides is 1. The first-order valence-electron chi connectivity index (χ1n) is 8.79. The molecule has 7 nitrogen and oxygen atoms in total. The van der Waals surface area contributed by atoms with E-state index in [0.717, 1.165) is 11.6 Å². The van der Waals surface area contributed by atoms with Gasteiger partial charge in [0.05, 0.1) is 10.6 Å². The van der Waals surface area contributed by atoms with Gasteiger partial charge in [0.2, 0.25) is 5.82 Å². The number of nitrogens with zero attached hydrogens (tertiary/aromatic N) is 2. The van der Waals surface area contributed by atoms with Crippen molar-refractivity contribution < 1.29 is 23.2 Å². The van der Waals surface area contributed by atoms with Gasteiger partial charge in [-0.15, -0.1) is 0 Å². The van der Waals surface area contributed by atoms with E-state index in [1.165, 1.54) is 0 Å². The number of carbonyl (C=O) groups excluding carboxylic acids is 1. The van der Waals surface area contributed by atoms with Crippen molar-refractivity contribution in [3.8, 4) is 0 Å². The van der Waals surface area contributed by atoms with Gasteiger partial charge in [0.1, 0.15) is 12.4 Å². The zero-order chi connectivity index (χ0) is 20.1. The van der Waals surface area contributed by atoms with Gasteiger partial charge >= 0.3 is 11.8 Å². The molecule has 0 aliphatic carbocycles. The molecular weight excluding hydrogens is 372 g/mol. The maximum absolute atomic E-state index is 13.9. The lowest BCUT2D eigenvalue weighted by Crippen LogP contribution is -2.42. The fraction of sp³-hybridized carbons (Fsp3) is 0.316. The largest absolute Gasteiger partial charge is 0.445 e. The number of hydrogen-bond acceptors (Lipinski definition) is 5. The summed E-state index contributed by atoms with van der Waals surface area (Å²) in [7, 11) is 0. The molecule has 28 heavy (non-hydrogen) atoms. The molecule has 1 heterocycles. The average Bonchev–Trinajstić information content (AvgIpc) is 2.69. The van der Waals surface area contributed by atoms with E-state index < -0.39 is 28.3 Å². The Balaban J connectivity index is 1.52. The summed E-state index contributed by atoms with van der Waals surface area (Å²) in [5.41, 5.74) is -0.0233. The first-order valence-corrected chi connectivity index (χ1v) is 8.79. The van der Waals surface area contributed by atoms with Crippen molar-refractivity contribution in [2.24, 2.45) is 0 Å². The fourth-order valence-corrected chi connectivity index (χ4v) is 3.02. The van der Waals surface area contributed by atoms with E-state index in [9.17, 15) is 23.7 Å². The number of benzene rings is 2. The second kappa shape index (κ2) is 8.64. The Labute approximate surface area is 160 Å². The maximum atomic E-state index is 13.9. The van der Waals surface area contributed by atoms with Crippen LogP contribution in [0.15, 0.2) is 42.5 Å². The molecule has 2 aromatic rings. The smallest absolute Gasteiger partial charge is 0.410 e. The highest BCUT2D eigenvalue weighted by molar-refractivity contribution is 5.67. The van der Waals surface area contributed by atoms with Gasteiger partial charge in [-0.1, -0.05) is 30.3 Å². The van der Waals surface area contributed by atoms with Crippen LogP contribution in [0.25, 0.3) is 0 Å². The molecule has 0 aromatic heterocycles. The third-order valence-electron chi connectivity index (χ3n) is 4.55. The number of ether oxygens (including phenoxy) is 1. The molecule has 0 saturated carbocycles. The van der Waals surface area contributed by atoms with E-state index in [1.807, 2.05) is 30.3 Å². The molecule has 1 aliphatic heterocycles. The van der Waals surface area contributed by atoms with Crippen LogP contribution in [0.5, 0.6) is 0 Å². The van der Waals surface area contributed by atoms with Crippen LogP contribution in [0.2, 0.25) is 0 Å². The summed E-state index contributed by atoms with van der Waals surface area (Å²) >= 11 is 0. The molecule has 1 saturated heterocycles. The molecule has 0 bridgehead atoms. The fourth-order valence-electron chi connectivity index (χ4n) is 3.02. The van der Waals surface area contributed by atoms with Gasteiger partial charge in [0.25, 0.3) is 0 Å². The predicted octanol–water partition coefficient (Wildman–Crippen LogP) is 4.09. The predicted molar refractivity (Wildman–Crippen MR) is 97.9 cm³/mol. The molecule has 0 atom stereocenters. The average molecular weight is 391 g/mol. The lowest BCUT2D eigenvalue weighted by atomic mass is 10.0. The van der Waals surface area contributed by atoms with Gasteiger partial charge in [-0.05, 0) is 18.4 Å². The number of nitrogens with one attached hydrogen (secondary N) is 1. The highest BCUT2D eigenvalue weighted by Crippen LogP contribution is 2.27. The number of carbonyl (C=O) groups is 1. The van der Waals surface area contributed by atoms with Gasteiger partial charge in [0, 0.05) is 31.3 Å². The zero-order valence-electron chi connectivity index (χ0n) is 14.9. The lowest BCUT2D eigenvalue weighted by Gasteiger charge is -2.32. The summed E-state index contributed by atoms with van der Waals surface area (Å²) in [5, 5.41) is 13.7. The normalized spacial score (nSPS) is 14.6. The topological polar surface area (TPSA) is 84.7 Å². The first kappa shape index (κ1) is 19.5. The Morgan fingerprint density at radius 3 is 2.50 bits per heavy atom.